The summed E-state index contributed by atoms with van der Waals surface area (Å²) in [6.07, 6.45) is 0.813. The van der Waals surface area contributed by atoms with Gasteiger partial charge in [-0.15, -0.1) is 0 Å². The summed E-state index contributed by atoms with van der Waals surface area (Å²) in [6.45, 7) is 1.05. The highest BCUT2D eigenvalue weighted by molar-refractivity contribution is 5.89. The molecule has 2 aromatic carbocycles. The number of amides is 2. The minimum Gasteiger partial charge on any atom is -0.497 e. The van der Waals surface area contributed by atoms with Gasteiger partial charge in [-0.05, 0) is 48.6 Å². The molecule has 0 aromatic heterocycles. The molecule has 3 rings (SSSR count). The Bertz CT molecular complexity index is 743. The Morgan fingerprint density at radius 3 is 2.46 bits per heavy atom. The second-order valence-electron chi connectivity index (χ2n) is 6.45. The maximum Gasteiger partial charge on any atom is 0.321 e. The summed E-state index contributed by atoms with van der Waals surface area (Å²) in [6, 6.07) is 13.2. The number of anilines is 1. The van der Waals surface area contributed by atoms with Gasteiger partial charge in [0.1, 0.15) is 11.6 Å². The largest absolute Gasteiger partial charge is 0.497 e. The van der Waals surface area contributed by atoms with Gasteiger partial charge in [0.2, 0.25) is 0 Å². The van der Waals surface area contributed by atoms with Crippen LogP contribution in [0.15, 0.2) is 48.5 Å². The molecule has 2 amide bonds. The lowest BCUT2D eigenvalue weighted by molar-refractivity contribution is 0.0683. The molecule has 0 saturated carbocycles. The molecule has 2 aromatic rings. The van der Waals surface area contributed by atoms with Crippen LogP contribution < -0.4 is 10.1 Å². The third kappa shape index (κ3) is 4.14. The maximum absolute atomic E-state index is 13.7. The van der Waals surface area contributed by atoms with Crippen molar-refractivity contribution in [3.8, 4) is 5.75 Å². The van der Waals surface area contributed by atoms with Crippen LogP contribution in [-0.4, -0.2) is 36.2 Å². The first kappa shape index (κ1) is 18.2. The van der Waals surface area contributed by atoms with Crippen molar-refractivity contribution in [3.05, 3.63) is 59.9 Å². The monoisotopic (exact) mass is 358 g/mol. The van der Waals surface area contributed by atoms with Crippen molar-refractivity contribution in [2.75, 3.05) is 25.5 Å². The molecule has 26 heavy (non-hydrogen) atoms. The molecule has 0 spiro atoms. The van der Waals surface area contributed by atoms with E-state index in [0.717, 1.165) is 11.3 Å². The van der Waals surface area contributed by atoms with Gasteiger partial charge in [-0.2, -0.15) is 0 Å². The number of para-hydroxylation sites is 1. The van der Waals surface area contributed by atoms with E-state index in [0.29, 0.717) is 25.9 Å². The van der Waals surface area contributed by atoms with E-state index >= 15 is 0 Å². The Balaban J connectivity index is 1.54. The number of benzene rings is 2. The van der Waals surface area contributed by atoms with Crippen molar-refractivity contribution >= 4 is 11.7 Å². The minimum absolute atomic E-state index is 0.0842. The van der Waals surface area contributed by atoms with Gasteiger partial charge in [0.15, 0.2) is 0 Å². The highest BCUT2D eigenvalue weighted by atomic mass is 19.1. The lowest BCUT2D eigenvalue weighted by Crippen LogP contribution is -2.42. The predicted molar refractivity (Wildman–Crippen MR) is 97.7 cm³/mol. The number of nitrogens with zero attached hydrogens (tertiary/aromatic N) is 1. The number of halogens is 1. The van der Waals surface area contributed by atoms with Gasteiger partial charge < -0.3 is 20.1 Å². The summed E-state index contributed by atoms with van der Waals surface area (Å²) in [5.41, 5.74) is 1.03. The minimum atomic E-state index is -0.572. The smallest absolute Gasteiger partial charge is 0.321 e. The molecule has 138 valence electrons. The standard InChI is InChI=1S/C20H23FN2O3/c1-26-16-8-6-14(7-9-16)19(24)15-10-12-23(13-11-15)20(25)22-18-5-3-2-4-17(18)21/h2-9,15,19,24H,10-13H2,1H3,(H,22,25)/t19-/m0/s1. The quantitative estimate of drug-likeness (QED) is 0.874. The molecule has 0 radical (unpaired) electrons. The molecule has 1 saturated heterocycles. The molecule has 6 heteroatoms. The molecular formula is C20H23FN2O3. The predicted octanol–water partition coefficient (Wildman–Crippen LogP) is 3.81. The van der Waals surface area contributed by atoms with E-state index in [1.807, 2.05) is 24.3 Å². The molecule has 1 aliphatic rings. The van der Waals surface area contributed by atoms with Crippen molar-refractivity contribution in [1.82, 2.24) is 4.90 Å². The van der Waals surface area contributed by atoms with E-state index in [1.165, 1.54) is 12.1 Å². The number of carbonyl (C=O) groups is 1. The Labute approximate surface area is 152 Å². The van der Waals surface area contributed by atoms with Crippen LogP contribution in [0.3, 0.4) is 0 Å². The summed E-state index contributed by atoms with van der Waals surface area (Å²) < 4.78 is 18.8. The van der Waals surface area contributed by atoms with Crippen LogP contribution in [0.5, 0.6) is 5.75 Å². The number of piperidine rings is 1. The van der Waals surface area contributed by atoms with E-state index in [1.54, 1.807) is 24.1 Å². The zero-order valence-corrected chi connectivity index (χ0v) is 14.7. The van der Waals surface area contributed by atoms with Gasteiger partial charge in [0.05, 0.1) is 18.9 Å². The van der Waals surface area contributed by atoms with Gasteiger partial charge in [-0.1, -0.05) is 24.3 Å². The molecule has 0 unspecified atom stereocenters. The summed E-state index contributed by atoms with van der Waals surface area (Å²) in [5.74, 6) is 0.382. The highest BCUT2D eigenvalue weighted by Crippen LogP contribution is 2.31. The molecular weight excluding hydrogens is 335 g/mol. The number of urea groups is 1. The number of aliphatic hydroxyl groups excluding tert-OH is 1. The topological polar surface area (TPSA) is 61.8 Å². The lowest BCUT2D eigenvalue weighted by Gasteiger charge is -2.34. The zero-order chi connectivity index (χ0) is 18.5. The van der Waals surface area contributed by atoms with E-state index in [2.05, 4.69) is 5.32 Å². The molecule has 1 atom stereocenters. The van der Waals surface area contributed by atoms with Gasteiger partial charge >= 0.3 is 6.03 Å². The van der Waals surface area contributed by atoms with E-state index < -0.39 is 11.9 Å². The number of likely N-dealkylation sites (tertiary alicyclic amines) is 1. The van der Waals surface area contributed by atoms with Crippen molar-refractivity contribution < 1.29 is 19.0 Å². The highest BCUT2D eigenvalue weighted by Gasteiger charge is 2.28. The Hall–Kier alpha value is -2.60. The Morgan fingerprint density at radius 2 is 1.85 bits per heavy atom. The summed E-state index contributed by atoms with van der Waals surface area (Å²) in [5, 5.41) is 13.2. The number of rotatable bonds is 4. The van der Waals surface area contributed by atoms with Crippen molar-refractivity contribution in [2.24, 2.45) is 5.92 Å². The maximum atomic E-state index is 13.7. The first-order valence-corrected chi connectivity index (χ1v) is 8.71. The average molecular weight is 358 g/mol. The van der Waals surface area contributed by atoms with Gasteiger partial charge in [-0.3, -0.25) is 0 Å². The van der Waals surface area contributed by atoms with Crippen LogP contribution in [-0.2, 0) is 0 Å². The van der Waals surface area contributed by atoms with Crippen LogP contribution in [0, 0.1) is 11.7 Å². The van der Waals surface area contributed by atoms with Crippen molar-refractivity contribution in [1.29, 1.82) is 0 Å². The normalized spacial score (nSPS) is 16.2. The van der Waals surface area contributed by atoms with Crippen LogP contribution in [0.2, 0.25) is 0 Å². The van der Waals surface area contributed by atoms with E-state index in [4.69, 9.17) is 4.74 Å². The summed E-state index contributed by atoms with van der Waals surface area (Å²) in [4.78, 5) is 14.0. The van der Waals surface area contributed by atoms with Crippen LogP contribution >= 0.6 is 0 Å². The number of carbonyl (C=O) groups excluding carboxylic acids is 1. The third-order valence-corrected chi connectivity index (χ3v) is 4.85. The SMILES string of the molecule is COc1ccc([C@H](O)C2CCN(C(=O)Nc3ccccc3F)CC2)cc1. The number of hydrogen-bond acceptors (Lipinski definition) is 3. The summed E-state index contributed by atoms with van der Waals surface area (Å²) in [7, 11) is 1.60. The zero-order valence-electron chi connectivity index (χ0n) is 14.7. The Kier molecular flexibility index (Phi) is 5.73. The fourth-order valence-corrected chi connectivity index (χ4v) is 3.25. The van der Waals surface area contributed by atoms with Crippen LogP contribution in [0.1, 0.15) is 24.5 Å². The third-order valence-electron chi connectivity index (χ3n) is 4.85. The fraction of sp³-hybridized carbons (Fsp3) is 0.350. The van der Waals surface area contributed by atoms with Crippen molar-refractivity contribution in [3.63, 3.8) is 0 Å². The van der Waals surface area contributed by atoms with Crippen LogP contribution in [0.25, 0.3) is 0 Å². The number of hydrogen-bond donors (Lipinski definition) is 2. The van der Waals surface area contributed by atoms with E-state index in [-0.39, 0.29) is 17.6 Å². The number of aliphatic hydroxyl groups is 1. The van der Waals surface area contributed by atoms with Gasteiger partial charge in [0, 0.05) is 13.1 Å². The molecule has 1 aliphatic heterocycles. The number of nitrogens with one attached hydrogen (secondary N) is 1. The number of methoxy groups -OCH3 is 1. The molecule has 0 bridgehead atoms. The fourth-order valence-electron chi connectivity index (χ4n) is 3.25. The molecule has 2 N–H and O–H groups in total. The lowest BCUT2D eigenvalue weighted by atomic mass is 9.87. The van der Waals surface area contributed by atoms with Gasteiger partial charge in [0.25, 0.3) is 0 Å². The second kappa shape index (κ2) is 8.19. The molecule has 5 nitrogen and oxygen atoms in total. The molecule has 1 fully saturated rings. The Morgan fingerprint density at radius 1 is 1.19 bits per heavy atom. The molecule has 0 aliphatic carbocycles. The second-order valence-corrected chi connectivity index (χ2v) is 6.45. The van der Waals surface area contributed by atoms with E-state index in [9.17, 15) is 14.3 Å². The summed E-state index contributed by atoms with van der Waals surface area (Å²) >= 11 is 0. The molecule has 1 heterocycles. The van der Waals surface area contributed by atoms with Gasteiger partial charge in [-0.25, -0.2) is 9.18 Å². The van der Waals surface area contributed by atoms with Crippen molar-refractivity contribution in [2.45, 2.75) is 18.9 Å². The first-order valence-electron chi connectivity index (χ1n) is 8.71. The first-order chi connectivity index (χ1) is 12.6. The average Bonchev–Trinajstić information content (AvgIpc) is 2.69. The van der Waals surface area contributed by atoms with Crippen LogP contribution in [0.4, 0.5) is 14.9 Å². The number of ether oxygens (including phenoxy) is 1.